The maximum Gasteiger partial charge on any atom is 0.0543 e. The zero-order valence-corrected chi connectivity index (χ0v) is 14.8. The molecule has 0 aromatic carbocycles. The van der Waals surface area contributed by atoms with E-state index in [-0.39, 0.29) is 6.10 Å². The van der Waals surface area contributed by atoms with Crippen LogP contribution in [0.3, 0.4) is 0 Å². The van der Waals surface area contributed by atoms with Crippen LogP contribution in [0.2, 0.25) is 0 Å². The van der Waals surface area contributed by atoms with Gasteiger partial charge in [0.15, 0.2) is 0 Å². The number of hydrogen-bond acceptors (Lipinski definition) is 1. The molecule has 0 saturated heterocycles. The van der Waals surface area contributed by atoms with Crippen molar-refractivity contribution in [1.82, 2.24) is 0 Å². The van der Waals surface area contributed by atoms with Gasteiger partial charge < -0.3 is 5.11 Å². The lowest BCUT2D eigenvalue weighted by Gasteiger charge is -2.08. The van der Waals surface area contributed by atoms with E-state index in [2.05, 4.69) is 26.0 Å². The Morgan fingerprint density at radius 2 is 1.14 bits per heavy atom. The zero-order valence-electron chi connectivity index (χ0n) is 14.8. The van der Waals surface area contributed by atoms with E-state index in [4.69, 9.17) is 0 Å². The number of allylic oxidation sites excluding steroid dienone is 2. The third kappa shape index (κ3) is 17.6. The average molecular weight is 297 g/mol. The fourth-order valence-corrected chi connectivity index (χ4v) is 2.69. The monoisotopic (exact) mass is 296 g/mol. The minimum atomic E-state index is -0.0783. The van der Waals surface area contributed by atoms with E-state index in [1.54, 1.807) is 0 Å². The van der Waals surface area contributed by atoms with Crippen molar-refractivity contribution in [3.63, 3.8) is 0 Å². The van der Waals surface area contributed by atoms with Gasteiger partial charge in [0, 0.05) is 0 Å². The average Bonchev–Trinajstić information content (AvgIpc) is 2.49. The molecule has 0 heterocycles. The van der Waals surface area contributed by atoms with E-state index in [1.807, 2.05) is 0 Å². The molecule has 1 nitrogen and oxygen atoms in total. The first-order valence-electron chi connectivity index (χ1n) is 9.64. The highest BCUT2D eigenvalue weighted by atomic mass is 16.3. The molecule has 1 N–H and O–H groups in total. The fourth-order valence-electron chi connectivity index (χ4n) is 2.69. The van der Waals surface area contributed by atoms with Crippen molar-refractivity contribution in [3.8, 4) is 0 Å². The van der Waals surface area contributed by atoms with Crippen LogP contribution in [0.15, 0.2) is 12.2 Å². The predicted molar refractivity (Wildman–Crippen MR) is 95.7 cm³/mol. The fraction of sp³-hybridized carbons (Fsp3) is 0.900. The van der Waals surface area contributed by atoms with Crippen molar-refractivity contribution >= 4 is 0 Å². The van der Waals surface area contributed by atoms with E-state index < -0.39 is 0 Å². The lowest BCUT2D eigenvalue weighted by atomic mass is 10.0. The molecular formula is C20H40O. The summed E-state index contributed by atoms with van der Waals surface area (Å²) < 4.78 is 0. The van der Waals surface area contributed by atoms with Gasteiger partial charge in [0.05, 0.1) is 6.10 Å². The minimum absolute atomic E-state index is 0.0783. The molecule has 0 aliphatic rings. The van der Waals surface area contributed by atoms with Gasteiger partial charge in [-0.05, 0) is 32.1 Å². The first kappa shape index (κ1) is 20.7. The Labute approximate surface area is 134 Å². The van der Waals surface area contributed by atoms with Gasteiger partial charge in [0.25, 0.3) is 0 Å². The second kappa shape index (κ2) is 17.8. The third-order valence-electron chi connectivity index (χ3n) is 4.20. The summed E-state index contributed by atoms with van der Waals surface area (Å²) in [6.45, 7) is 4.51. The smallest absolute Gasteiger partial charge is 0.0543 e. The summed E-state index contributed by atoms with van der Waals surface area (Å²) in [5, 5.41) is 9.93. The molecular weight excluding hydrogens is 256 g/mol. The van der Waals surface area contributed by atoms with Crippen LogP contribution in [-0.2, 0) is 0 Å². The maximum atomic E-state index is 9.93. The topological polar surface area (TPSA) is 20.2 Å². The minimum Gasteiger partial charge on any atom is -0.393 e. The summed E-state index contributed by atoms with van der Waals surface area (Å²) in [5.74, 6) is 0. The standard InChI is InChI=1S/C20H40O/c1-3-5-7-9-11-13-15-17-19-20(21)18-16-14-12-10-8-6-4-2/h13,15,20-21H,3-12,14,16-19H2,1-2H3/b15-13-. The molecule has 1 unspecified atom stereocenters. The quantitative estimate of drug-likeness (QED) is 0.245. The van der Waals surface area contributed by atoms with Gasteiger partial charge in [-0.15, -0.1) is 0 Å². The first-order chi connectivity index (χ1) is 10.3. The van der Waals surface area contributed by atoms with Crippen molar-refractivity contribution in [2.75, 3.05) is 0 Å². The SMILES string of the molecule is CCCCCC/C=C\CCC(O)CCCCCCCCC. The molecule has 0 bridgehead atoms. The van der Waals surface area contributed by atoms with Crippen molar-refractivity contribution in [3.05, 3.63) is 12.2 Å². The first-order valence-corrected chi connectivity index (χ1v) is 9.64. The lowest BCUT2D eigenvalue weighted by molar-refractivity contribution is 0.152. The molecule has 126 valence electrons. The van der Waals surface area contributed by atoms with Gasteiger partial charge in [0.2, 0.25) is 0 Å². The largest absolute Gasteiger partial charge is 0.393 e. The molecule has 0 fully saturated rings. The van der Waals surface area contributed by atoms with Crippen LogP contribution in [-0.4, -0.2) is 11.2 Å². The Bertz CT molecular complexity index is 210. The van der Waals surface area contributed by atoms with Gasteiger partial charge in [-0.1, -0.05) is 90.2 Å². The number of aliphatic hydroxyl groups excluding tert-OH is 1. The lowest BCUT2D eigenvalue weighted by Crippen LogP contribution is -2.05. The Morgan fingerprint density at radius 3 is 1.81 bits per heavy atom. The molecule has 0 rings (SSSR count). The summed E-state index contributed by atoms with van der Waals surface area (Å²) in [7, 11) is 0. The van der Waals surface area contributed by atoms with Gasteiger partial charge in [0.1, 0.15) is 0 Å². The van der Waals surface area contributed by atoms with Gasteiger partial charge in [-0.3, -0.25) is 0 Å². The van der Waals surface area contributed by atoms with Crippen LogP contribution in [0.5, 0.6) is 0 Å². The van der Waals surface area contributed by atoms with E-state index in [0.717, 1.165) is 19.3 Å². The molecule has 0 aromatic rings. The third-order valence-corrected chi connectivity index (χ3v) is 4.20. The van der Waals surface area contributed by atoms with Crippen LogP contribution in [0.25, 0.3) is 0 Å². The highest BCUT2D eigenvalue weighted by Crippen LogP contribution is 2.12. The summed E-state index contributed by atoms with van der Waals surface area (Å²) >= 11 is 0. The molecule has 0 aliphatic carbocycles. The van der Waals surface area contributed by atoms with Crippen molar-refractivity contribution in [1.29, 1.82) is 0 Å². The predicted octanol–water partition coefficient (Wildman–Crippen LogP) is 6.79. The van der Waals surface area contributed by atoms with Crippen molar-refractivity contribution < 1.29 is 5.11 Å². The maximum absolute atomic E-state index is 9.93. The van der Waals surface area contributed by atoms with Gasteiger partial charge in [-0.25, -0.2) is 0 Å². The molecule has 1 heteroatoms. The summed E-state index contributed by atoms with van der Waals surface area (Å²) in [5.41, 5.74) is 0. The van der Waals surface area contributed by atoms with E-state index in [9.17, 15) is 5.11 Å². The molecule has 0 spiro atoms. The number of aliphatic hydroxyl groups is 1. The number of rotatable bonds is 16. The summed E-state index contributed by atoms with van der Waals surface area (Å²) in [4.78, 5) is 0. The van der Waals surface area contributed by atoms with E-state index in [0.29, 0.717) is 0 Å². The highest BCUT2D eigenvalue weighted by Gasteiger charge is 2.02. The number of unbranched alkanes of at least 4 members (excludes halogenated alkanes) is 10. The normalized spacial score (nSPS) is 13.1. The Kier molecular flexibility index (Phi) is 17.5. The molecule has 0 aromatic heterocycles. The molecule has 0 saturated carbocycles. The molecule has 1 atom stereocenters. The van der Waals surface area contributed by atoms with Gasteiger partial charge in [-0.2, -0.15) is 0 Å². The molecule has 21 heavy (non-hydrogen) atoms. The van der Waals surface area contributed by atoms with Crippen molar-refractivity contribution in [2.45, 2.75) is 116 Å². The van der Waals surface area contributed by atoms with Gasteiger partial charge >= 0.3 is 0 Å². The van der Waals surface area contributed by atoms with E-state index in [1.165, 1.54) is 77.0 Å². The number of hydrogen-bond donors (Lipinski definition) is 1. The Morgan fingerprint density at radius 1 is 0.619 bits per heavy atom. The van der Waals surface area contributed by atoms with Crippen LogP contribution in [0.1, 0.15) is 110 Å². The van der Waals surface area contributed by atoms with Crippen molar-refractivity contribution in [2.24, 2.45) is 0 Å². The molecule has 0 amide bonds. The second-order valence-electron chi connectivity index (χ2n) is 6.46. The Hall–Kier alpha value is -0.300. The van der Waals surface area contributed by atoms with Crippen LogP contribution >= 0.6 is 0 Å². The van der Waals surface area contributed by atoms with Crippen LogP contribution in [0, 0.1) is 0 Å². The molecule has 0 radical (unpaired) electrons. The van der Waals surface area contributed by atoms with Crippen LogP contribution < -0.4 is 0 Å². The molecule has 0 aliphatic heterocycles. The van der Waals surface area contributed by atoms with E-state index >= 15 is 0 Å². The summed E-state index contributed by atoms with van der Waals surface area (Å²) in [6.07, 6.45) is 23.4. The zero-order chi connectivity index (χ0) is 15.6. The highest BCUT2D eigenvalue weighted by molar-refractivity contribution is 4.82. The van der Waals surface area contributed by atoms with Crippen LogP contribution in [0.4, 0.5) is 0 Å². The summed E-state index contributed by atoms with van der Waals surface area (Å²) in [6, 6.07) is 0. The second-order valence-corrected chi connectivity index (χ2v) is 6.46. The Balaban J connectivity index is 3.22.